The van der Waals surface area contributed by atoms with E-state index in [2.05, 4.69) is 20.2 Å². The summed E-state index contributed by atoms with van der Waals surface area (Å²) in [5.41, 5.74) is 6.50. The number of anilines is 1. The van der Waals surface area contributed by atoms with E-state index in [0.29, 0.717) is 6.54 Å². The maximum atomic E-state index is 5.61. The molecular weight excluding hydrogens is 178 g/mol. The molecule has 0 atom stereocenters. The number of aromatic nitrogens is 2. The fraction of sp³-hybridized carbons (Fsp3) is 0.556. The smallest absolute Gasteiger partial charge is 0.151 e. The highest BCUT2D eigenvalue weighted by molar-refractivity contribution is 5.43. The van der Waals surface area contributed by atoms with Crippen LogP contribution in [-0.2, 0) is 6.54 Å². The summed E-state index contributed by atoms with van der Waals surface area (Å²) >= 11 is 0. The van der Waals surface area contributed by atoms with Crippen LogP contribution >= 0.6 is 0 Å². The van der Waals surface area contributed by atoms with E-state index in [1.165, 1.54) is 0 Å². The van der Waals surface area contributed by atoms with Crippen LogP contribution in [0.1, 0.15) is 5.69 Å². The van der Waals surface area contributed by atoms with Gasteiger partial charge in [0.05, 0.1) is 5.69 Å². The van der Waals surface area contributed by atoms with E-state index in [-0.39, 0.29) is 0 Å². The van der Waals surface area contributed by atoms with Crippen LogP contribution in [0.25, 0.3) is 0 Å². The molecule has 2 heterocycles. The normalized spacial score (nSPS) is 17.1. The van der Waals surface area contributed by atoms with Gasteiger partial charge in [0.1, 0.15) is 0 Å². The van der Waals surface area contributed by atoms with Crippen molar-refractivity contribution in [3.63, 3.8) is 0 Å². The molecule has 76 valence electrons. The van der Waals surface area contributed by atoms with Gasteiger partial charge in [-0.25, -0.2) is 4.98 Å². The molecule has 1 aromatic heterocycles. The third-order valence-corrected chi connectivity index (χ3v) is 2.36. The Bertz CT molecular complexity index is 295. The fourth-order valence-corrected chi connectivity index (χ4v) is 1.64. The van der Waals surface area contributed by atoms with Crippen LogP contribution in [0.3, 0.4) is 0 Å². The molecule has 1 aliphatic heterocycles. The van der Waals surface area contributed by atoms with Gasteiger partial charge in [0.25, 0.3) is 0 Å². The minimum Gasteiger partial charge on any atom is -0.353 e. The van der Waals surface area contributed by atoms with Crippen LogP contribution in [0, 0.1) is 0 Å². The number of nitrogens with zero attached hydrogens (tertiary/aromatic N) is 3. The van der Waals surface area contributed by atoms with Gasteiger partial charge in [-0.1, -0.05) is 0 Å². The molecule has 0 saturated carbocycles. The van der Waals surface area contributed by atoms with E-state index in [4.69, 9.17) is 5.73 Å². The van der Waals surface area contributed by atoms with Gasteiger partial charge in [0.15, 0.2) is 5.82 Å². The number of nitrogens with two attached hydrogens (primary N) is 1. The SMILES string of the molecule is NCc1nccnc1N1CCNCC1. The molecule has 2 rings (SSSR count). The molecule has 3 N–H and O–H groups in total. The summed E-state index contributed by atoms with van der Waals surface area (Å²) in [5.74, 6) is 0.941. The van der Waals surface area contributed by atoms with E-state index in [9.17, 15) is 0 Å². The monoisotopic (exact) mass is 193 g/mol. The van der Waals surface area contributed by atoms with Gasteiger partial charge in [0.2, 0.25) is 0 Å². The molecule has 0 bridgehead atoms. The molecular formula is C9H15N5. The van der Waals surface area contributed by atoms with Gasteiger partial charge in [-0.15, -0.1) is 0 Å². The van der Waals surface area contributed by atoms with Crippen LogP contribution in [0.15, 0.2) is 12.4 Å². The molecule has 1 aliphatic rings. The fourth-order valence-electron chi connectivity index (χ4n) is 1.64. The first kappa shape index (κ1) is 9.36. The second kappa shape index (κ2) is 4.34. The largest absolute Gasteiger partial charge is 0.353 e. The van der Waals surface area contributed by atoms with Crippen molar-refractivity contribution in [1.29, 1.82) is 0 Å². The Morgan fingerprint density at radius 3 is 2.71 bits per heavy atom. The first-order valence-corrected chi connectivity index (χ1v) is 4.87. The molecule has 0 radical (unpaired) electrons. The predicted octanol–water partition coefficient (Wildman–Crippen LogP) is -0.655. The highest BCUT2D eigenvalue weighted by Crippen LogP contribution is 2.14. The van der Waals surface area contributed by atoms with Crippen molar-refractivity contribution in [2.45, 2.75) is 6.54 Å². The average Bonchev–Trinajstić information content (AvgIpc) is 2.30. The first-order chi connectivity index (χ1) is 6.92. The zero-order valence-corrected chi connectivity index (χ0v) is 8.11. The van der Waals surface area contributed by atoms with E-state index in [0.717, 1.165) is 37.7 Å². The van der Waals surface area contributed by atoms with E-state index in [1.54, 1.807) is 12.4 Å². The summed E-state index contributed by atoms with van der Waals surface area (Å²) in [6.07, 6.45) is 3.41. The number of rotatable bonds is 2. The maximum absolute atomic E-state index is 5.61. The number of nitrogens with one attached hydrogen (secondary N) is 1. The van der Waals surface area contributed by atoms with E-state index >= 15 is 0 Å². The second-order valence-electron chi connectivity index (χ2n) is 3.27. The summed E-state index contributed by atoms with van der Waals surface area (Å²) in [5, 5.41) is 3.30. The van der Waals surface area contributed by atoms with Crippen molar-refractivity contribution in [1.82, 2.24) is 15.3 Å². The molecule has 1 fully saturated rings. The van der Waals surface area contributed by atoms with Crippen molar-refractivity contribution >= 4 is 5.82 Å². The molecule has 0 spiro atoms. The Morgan fingerprint density at radius 2 is 2.00 bits per heavy atom. The molecule has 14 heavy (non-hydrogen) atoms. The lowest BCUT2D eigenvalue weighted by atomic mass is 10.3. The Labute approximate surface area is 83.3 Å². The van der Waals surface area contributed by atoms with Crippen LogP contribution < -0.4 is 16.0 Å². The maximum Gasteiger partial charge on any atom is 0.151 e. The quantitative estimate of drug-likeness (QED) is 0.653. The van der Waals surface area contributed by atoms with Crippen LogP contribution in [-0.4, -0.2) is 36.1 Å². The highest BCUT2D eigenvalue weighted by atomic mass is 15.2. The van der Waals surface area contributed by atoms with Crippen molar-refractivity contribution in [3.05, 3.63) is 18.1 Å². The summed E-state index contributed by atoms with van der Waals surface area (Å²) in [6.45, 7) is 4.41. The van der Waals surface area contributed by atoms with Crippen molar-refractivity contribution in [3.8, 4) is 0 Å². The molecule has 0 aliphatic carbocycles. The Morgan fingerprint density at radius 1 is 1.29 bits per heavy atom. The highest BCUT2D eigenvalue weighted by Gasteiger charge is 2.14. The third-order valence-electron chi connectivity index (χ3n) is 2.36. The van der Waals surface area contributed by atoms with E-state index in [1.807, 2.05) is 0 Å². The van der Waals surface area contributed by atoms with Gasteiger partial charge in [-0.05, 0) is 0 Å². The summed E-state index contributed by atoms with van der Waals surface area (Å²) in [4.78, 5) is 10.8. The Hall–Kier alpha value is -1.20. The predicted molar refractivity (Wildman–Crippen MR) is 55.0 cm³/mol. The number of hydrogen-bond acceptors (Lipinski definition) is 5. The van der Waals surface area contributed by atoms with Crippen molar-refractivity contribution < 1.29 is 0 Å². The summed E-state index contributed by atoms with van der Waals surface area (Å²) in [6, 6.07) is 0. The van der Waals surface area contributed by atoms with Crippen LogP contribution in [0.2, 0.25) is 0 Å². The molecule has 1 saturated heterocycles. The lowest BCUT2D eigenvalue weighted by Gasteiger charge is -2.29. The first-order valence-electron chi connectivity index (χ1n) is 4.87. The molecule has 5 nitrogen and oxygen atoms in total. The summed E-state index contributed by atoms with van der Waals surface area (Å²) < 4.78 is 0. The molecule has 1 aromatic rings. The summed E-state index contributed by atoms with van der Waals surface area (Å²) in [7, 11) is 0. The molecule has 5 heteroatoms. The van der Waals surface area contributed by atoms with Crippen molar-refractivity contribution in [2.75, 3.05) is 31.1 Å². The second-order valence-corrected chi connectivity index (χ2v) is 3.27. The van der Waals surface area contributed by atoms with Crippen LogP contribution in [0.4, 0.5) is 5.82 Å². The minimum absolute atomic E-state index is 0.451. The molecule has 0 aromatic carbocycles. The Balaban J connectivity index is 2.20. The number of hydrogen-bond donors (Lipinski definition) is 2. The zero-order valence-electron chi connectivity index (χ0n) is 8.11. The average molecular weight is 193 g/mol. The Kier molecular flexibility index (Phi) is 2.90. The standard InChI is InChI=1S/C9H15N5/c10-7-8-9(13-2-1-12-8)14-5-3-11-4-6-14/h1-2,11H,3-7,10H2. The van der Waals surface area contributed by atoms with Gasteiger partial charge in [0, 0.05) is 45.1 Å². The van der Waals surface area contributed by atoms with Gasteiger partial charge in [-0.2, -0.15) is 0 Å². The van der Waals surface area contributed by atoms with Crippen LogP contribution in [0.5, 0.6) is 0 Å². The van der Waals surface area contributed by atoms with Gasteiger partial charge in [-0.3, -0.25) is 4.98 Å². The zero-order chi connectivity index (χ0) is 9.80. The topological polar surface area (TPSA) is 67.1 Å². The number of piperazine rings is 1. The molecule has 0 amide bonds. The lowest BCUT2D eigenvalue weighted by molar-refractivity contribution is 0.582. The van der Waals surface area contributed by atoms with Gasteiger partial charge >= 0.3 is 0 Å². The third kappa shape index (κ3) is 1.83. The minimum atomic E-state index is 0.451. The van der Waals surface area contributed by atoms with Crippen molar-refractivity contribution in [2.24, 2.45) is 5.73 Å². The van der Waals surface area contributed by atoms with Gasteiger partial charge < -0.3 is 16.0 Å². The lowest BCUT2D eigenvalue weighted by Crippen LogP contribution is -2.44. The van der Waals surface area contributed by atoms with E-state index < -0.39 is 0 Å². The molecule has 0 unspecified atom stereocenters.